The minimum absolute atomic E-state index is 0.680. The standard InChI is InChI=1S/C16H23BrClN/c1-11(2)7-12(10-19-15-5-6-15)8-13-3-4-14(17)9-16(13)18/h3-4,9,11-12,15,19H,5-8,10H2,1-2H3. The minimum atomic E-state index is 0.680. The zero-order valence-corrected chi connectivity index (χ0v) is 14.1. The normalized spacial score (nSPS) is 16.9. The predicted octanol–water partition coefficient (Wildman–Crippen LogP) is 5.06. The number of hydrogen-bond donors (Lipinski definition) is 1. The summed E-state index contributed by atoms with van der Waals surface area (Å²) in [6.07, 6.45) is 5.04. The van der Waals surface area contributed by atoms with Crippen LogP contribution in [0.25, 0.3) is 0 Å². The quantitative estimate of drug-likeness (QED) is 0.729. The molecule has 2 rings (SSSR count). The van der Waals surface area contributed by atoms with E-state index in [4.69, 9.17) is 11.6 Å². The van der Waals surface area contributed by atoms with Crippen molar-refractivity contribution in [2.24, 2.45) is 11.8 Å². The number of hydrogen-bond acceptors (Lipinski definition) is 1. The predicted molar refractivity (Wildman–Crippen MR) is 86.8 cm³/mol. The maximum atomic E-state index is 6.33. The molecule has 1 aliphatic rings. The molecule has 0 heterocycles. The van der Waals surface area contributed by atoms with Crippen molar-refractivity contribution in [3.63, 3.8) is 0 Å². The molecule has 19 heavy (non-hydrogen) atoms. The van der Waals surface area contributed by atoms with Crippen molar-refractivity contribution in [2.45, 2.75) is 45.6 Å². The van der Waals surface area contributed by atoms with E-state index in [1.54, 1.807) is 0 Å². The highest BCUT2D eigenvalue weighted by molar-refractivity contribution is 9.10. The molecule has 0 bridgehead atoms. The Morgan fingerprint density at radius 1 is 1.37 bits per heavy atom. The molecule has 1 aromatic rings. The summed E-state index contributed by atoms with van der Waals surface area (Å²) in [6.45, 7) is 5.72. The maximum absolute atomic E-state index is 6.33. The third kappa shape index (κ3) is 5.45. The lowest BCUT2D eigenvalue weighted by Crippen LogP contribution is -2.27. The van der Waals surface area contributed by atoms with Crippen molar-refractivity contribution in [1.82, 2.24) is 5.32 Å². The summed E-state index contributed by atoms with van der Waals surface area (Å²) in [5.74, 6) is 1.42. The van der Waals surface area contributed by atoms with E-state index in [1.165, 1.54) is 24.8 Å². The molecular formula is C16H23BrClN. The summed E-state index contributed by atoms with van der Waals surface area (Å²) in [7, 11) is 0. The van der Waals surface area contributed by atoms with Gasteiger partial charge in [0.1, 0.15) is 0 Å². The van der Waals surface area contributed by atoms with Gasteiger partial charge < -0.3 is 5.32 Å². The summed E-state index contributed by atoms with van der Waals surface area (Å²) in [5, 5.41) is 4.54. The van der Waals surface area contributed by atoms with E-state index < -0.39 is 0 Å². The fraction of sp³-hybridized carbons (Fsp3) is 0.625. The Morgan fingerprint density at radius 2 is 2.11 bits per heavy atom. The van der Waals surface area contributed by atoms with E-state index in [0.29, 0.717) is 5.92 Å². The summed E-state index contributed by atoms with van der Waals surface area (Å²) < 4.78 is 1.05. The van der Waals surface area contributed by atoms with Gasteiger partial charge in [-0.2, -0.15) is 0 Å². The molecule has 1 saturated carbocycles. The summed E-state index contributed by atoms with van der Waals surface area (Å²) in [6, 6.07) is 7.02. The average Bonchev–Trinajstić information content (AvgIpc) is 3.13. The van der Waals surface area contributed by atoms with Crippen LogP contribution in [0.4, 0.5) is 0 Å². The molecule has 0 saturated heterocycles. The summed E-state index contributed by atoms with van der Waals surface area (Å²) in [4.78, 5) is 0. The second-order valence-electron chi connectivity index (χ2n) is 6.12. The van der Waals surface area contributed by atoms with E-state index in [2.05, 4.69) is 47.2 Å². The SMILES string of the molecule is CC(C)CC(CNC1CC1)Cc1ccc(Br)cc1Cl. The van der Waals surface area contributed by atoms with Gasteiger partial charge in [-0.1, -0.05) is 47.4 Å². The molecule has 1 atom stereocenters. The molecule has 3 heteroatoms. The highest BCUT2D eigenvalue weighted by Crippen LogP contribution is 2.26. The molecule has 1 N–H and O–H groups in total. The Kier molecular flexibility index (Phi) is 5.73. The van der Waals surface area contributed by atoms with Gasteiger partial charge in [0, 0.05) is 15.5 Å². The molecule has 0 radical (unpaired) electrons. The molecule has 0 aliphatic heterocycles. The molecule has 1 aliphatic carbocycles. The van der Waals surface area contributed by atoms with Crippen LogP contribution in [0.1, 0.15) is 38.7 Å². The van der Waals surface area contributed by atoms with Gasteiger partial charge in [0.05, 0.1) is 0 Å². The first kappa shape index (κ1) is 15.3. The number of halogens is 2. The van der Waals surface area contributed by atoms with Gasteiger partial charge in [0.2, 0.25) is 0 Å². The van der Waals surface area contributed by atoms with E-state index in [0.717, 1.165) is 34.4 Å². The Labute approximate surface area is 130 Å². The summed E-state index contributed by atoms with van der Waals surface area (Å²) in [5.41, 5.74) is 1.27. The van der Waals surface area contributed by atoms with Crippen LogP contribution in [-0.2, 0) is 6.42 Å². The first-order chi connectivity index (χ1) is 9.04. The second-order valence-corrected chi connectivity index (χ2v) is 7.44. The van der Waals surface area contributed by atoms with Crippen LogP contribution < -0.4 is 5.32 Å². The van der Waals surface area contributed by atoms with Crippen molar-refractivity contribution in [1.29, 1.82) is 0 Å². The maximum Gasteiger partial charge on any atom is 0.0449 e. The Bertz CT molecular complexity index is 415. The van der Waals surface area contributed by atoms with Crippen molar-refractivity contribution in [2.75, 3.05) is 6.54 Å². The van der Waals surface area contributed by atoms with Gasteiger partial charge in [-0.15, -0.1) is 0 Å². The van der Waals surface area contributed by atoms with Crippen LogP contribution in [0.2, 0.25) is 5.02 Å². The van der Waals surface area contributed by atoms with Crippen molar-refractivity contribution >= 4 is 27.5 Å². The Balaban J connectivity index is 1.96. The summed E-state index contributed by atoms with van der Waals surface area (Å²) >= 11 is 9.80. The van der Waals surface area contributed by atoms with Gasteiger partial charge in [-0.05, 0) is 61.8 Å². The van der Waals surface area contributed by atoms with E-state index in [1.807, 2.05) is 6.07 Å². The number of rotatable bonds is 7. The van der Waals surface area contributed by atoms with Crippen LogP contribution >= 0.6 is 27.5 Å². The van der Waals surface area contributed by atoms with Gasteiger partial charge in [-0.3, -0.25) is 0 Å². The Hall–Kier alpha value is -0.0500. The molecule has 0 aromatic heterocycles. The molecule has 1 unspecified atom stereocenters. The third-order valence-electron chi connectivity index (χ3n) is 3.60. The molecule has 1 aromatic carbocycles. The number of benzene rings is 1. The highest BCUT2D eigenvalue weighted by atomic mass is 79.9. The average molecular weight is 345 g/mol. The zero-order valence-electron chi connectivity index (χ0n) is 11.8. The van der Waals surface area contributed by atoms with Crippen LogP contribution in [0.3, 0.4) is 0 Å². The molecular weight excluding hydrogens is 322 g/mol. The lowest BCUT2D eigenvalue weighted by Gasteiger charge is -2.20. The lowest BCUT2D eigenvalue weighted by molar-refractivity contribution is 0.384. The van der Waals surface area contributed by atoms with E-state index in [9.17, 15) is 0 Å². The topological polar surface area (TPSA) is 12.0 Å². The van der Waals surface area contributed by atoms with Gasteiger partial charge in [0.25, 0.3) is 0 Å². The number of nitrogens with one attached hydrogen (secondary N) is 1. The first-order valence-electron chi connectivity index (χ1n) is 7.22. The van der Waals surface area contributed by atoms with Crippen molar-refractivity contribution < 1.29 is 0 Å². The highest BCUT2D eigenvalue weighted by Gasteiger charge is 2.22. The molecule has 1 fully saturated rings. The molecule has 1 nitrogen and oxygen atoms in total. The van der Waals surface area contributed by atoms with Crippen LogP contribution in [-0.4, -0.2) is 12.6 Å². The van der Waals surface area contributed by atoms with Crippen LogP contribution in [0, 0.1) is 11.8 Å². The van der Waals surface area contributed by atoms with E-state index in [-0.39, 0.29) is 0 Å². The zero-order chi connectivity index (χ0) is 13.8. The second kappa shape index (κ2) is 7.10. The molecule has 0 amide bonds. The largest absolute Gasteiger partial charge is 0.314 e. The third-order valence-corrected chi connectivity index (χ3v) is 4.45. The van der Waals surface area contributed by atoms with Crippen molar-refractivity contribution in [3.05, 3.63) is 33.3 Å². The van der Waals surface area contributed by atoms with Crippen LogP contribution in [0.5, 0.6) is 0 Å². The molecule has 0 spiro atoms. The molecule has 106 valence electrons. The minimum Gasteiger partial charge on any atom is -0.314 e. The van der Waals surface area contributed by atoms with E-state index >= 15 is 0 Å². The van der Waals surface area contributed by atoms with Gasteiger partial charge in [-0.25, -0.2) is 0 Å². The lowest BCUT2D eigenvalue weighted by atomic mass is 9.91. The first-order valence-corrected chi connectivity index (χ1v) is 8.39. The van der Waals surface area contributed by atoms with Crippen LogP contribution in [0.15, 0.2) is 22.7 Å². The van der Waals surface area contributed by atoms with Gasteiger partial charge >= 0.3 is 0 Å². The van der Waals surface area contributed by atoms with Gasteiger partial charge in [0.15, 0.2) is 0 Å². The smallest absolute Gasteiger partial charge is 0.0449 e. The van der Waals surface area contributed by atoms with Crippen molar-refractivity contribution in [3.8, 4) is 0 Å². The monoisotopic (exact) mass is 343 g/mol. The fourth-order valence-corrected chi connectivity index (χ4v) is 3.28. The fourth-order valence-electron chi connectivity index (χ4n) is 2.52. The Morgan fingerprint density at radius 3 is 2.68 bits per heavy atom.